The Kier molecular flexibility index (Phi) is 1.08. The topological polar surface area (TPSA) is 14.1 Å². The summed E-state index contributed by atoms with van der Waals surface area (Å²) in [7, 11) is 0. The maximum atomic E-state index is 4.24. The van der Waals surface area contributed by atoms with Gasteiger partial charge in [-0.05, 0) is 19.3 Å². The highest BCUT2D eigenvalue weighted by Gasteiger charge is 2.18. The van der Waals surface area contributed by atoms with Crippen LogP contribution < -0.4 is 5.32 Å². The van der Waals surface area contributed by atoms with Gasteiger partial charge in [0.2, 0.25) is 0 Å². The summed E-state index contributed by atoms with van der Waals surface area (Å²) in [5, 5.41) is 4.24. The summed E-state index contributed by atoms with van der Waals surface area (Å²) >= 11 is 0. The molecule has 1 unspecified atom stereocenters. The van der Waals surface area contributed by atoms with Crippen LogP contribution in [0.3, 0.4) is 0 Å². The van der Waals surface area contributed by atoms with Gasteiger partial charge in [0.05, 0.1) is 0 Å². The van der Waals surface area contributed by atoms with Crippen LogP contribution in [-0.4, -0.2) is 0 Å². The first-order chi connectivity index (χ1) is 4.47. The van der Waals surface area contributed by atoms with E-state index in [2.05, 4.69) is 17.5 Å². The lowest BCUT2D eigenvalue weighted by Crippen LogP contribution is -2.05. The van der Waals surface area contributed by atoms with Crippen molar-refractivity contribution in [3.8, 4) is 0 Å². The SMILES string of the molecule is C1=CC2CCCC=C2[N]1. The molecule has 0 aromatic rings. The number of hydrogen-bond donors (Lipinski definition) is 0. The normalized spacial score (nSPS) is 31.1. The Hall–Kier alpha value is -0.720. The molecule has 0 saturated carbocycles. The van der Waals surface area contributed by atoms with Gasteiger partial charge in [-0.25, -0.2) is 0 Å². The number of allylic oxidation sites excluding steroid dienone is 2. The molecule has 0 bridgehead atoms. The van der Waals surface area contributed by atoms with E-state index in [-0.39, 0.29) is 0 Å². The van der Waals surface area contributed by atoms with E-state index in [0.29, 0.717) is 5.92 Å². The van der Waals surface area contributed by atoms with Gasteiger partial charge in [-0.3, -0.25) is 5.32 Å². The molecule has 0 amide bonds. The van der Waals surface area contributed by atoms with Crippen molar-refractivity contribution in [1.29, 1.82) is 0 Å². The smallest absolute Gasteiger partial charge is 0.0432 e. The third kappa shape index (κ3) is 0.766. The van der Waals surface area contributed by atoms with E-state index in [1.54, 1.807) is 0 Å². The Labute approximate surface area is 55.5 Å². The number of fused-ring (bicyclic) bond motifs is 1. The molecule has 9 heavy (non-hydrogen) atoms. The highest BCUT2D eigenvalue weighted by Crippen LogP contribution is 2.27. The second kappa shape index (κ2) is 1.90. The van der Waals surface area contributed by atoms with Gasteiger partial charge >= 0.3 is 0 Å². The average molecular weight is 120 g/mol. The van der Waals surface area contributed by atoms with Crippen molar-refractivity contribution in [1.82, 2.24) is 5.32 Å². The summed E-state index contributed by atoms with van der Waals surface area (Å²) in [6, 6.07) is 0. The van der Waals surface area contributed by atoms with Crippen LogP contribution in [0.15, 0.2) is 24.0 Å². The van der Waals surface area contributed by atoms with Crippen molar-refractivity contribution in [2.45, 2.75) is 19.3 Å². The molecule has 0 aromatic carbocycles. The Morgan fingerprint density at radius 3 is 3.44 bits per heavy atom. The molecule has 1 atom stereocenters. The molecule has 1 radical (unpaired) electrons. The second-order valence-electron chi connectivity index (χ2n) is 2.64. The van der Waals surface area contributed by atoms with Crippen molar-refractivity contribution in [3.63, 3.8) is 0 Å². The summed E-state index contributed by atoms with van der Waals surface area (Å²) in [6.07, 6.45) is 10.3. The van der Waals surface area contributed by atoms with Gasteiger partial charge in [0, 0.05) is 17.8 Å². The van der Waals surface area contributed by atoms with Crippen LogP contribution in [0.5, 0.6) is 0 Å². The monoisotopic (exact) mass is 120 g/mol. The summed E-state index contributed by atoms with van der Waals surface area (Å²) in [6.45, 7) is 0. The highest BCUT2D eigenvalue weighted by molar-refractivity contribution is 5.21. The zero-order chi connectivity index (χ0) is 6.10. The molecular formula is C8H10N. The van der Waals surface area contributed by atoms with E-state index in [0.717, 1.165) is 0 Å². The Bertz CT molecular complexity index is 167. The van der Waals surface area contributed by atoms with Crippen LogP contribution in [0, 0.1) is 5.92 Å². The van der Waals surface area contributed by atoms with E-state index in [1.165, 1.54) is 25.0 Å². The summed E-state index contributed by atoms with van der Waals surface area (Å²) in [5.41, 5.74) is 1.31. The predicted molar refractivity (Wildman–Crippen MR) is 36.7 cm³/mol. The van der Waals surface area contributed by atoms with Crippen molar-refractivity contribution < 1.29 is 0 Å². The second-order valence-corrected chi connectivity index (χ2v) is 2.64. The first-order valence-corrected chi connectivity index (χ1v) is 3.54. The molecule has 1 nitrogen and oxygen atoms in total. The molecule has 1 aliphatic heterocycles. The molecule has 1 heterocycles. The fourth-order valence-electron chi connectivity index (χ4n) is 1.46. The van der Waals surface area contributed by atoms with Gasteiger partial charge < -0.3 is 0 Å². The van der Waals surface area contributed by atoms with Gasteiger partial charge in [-0.15, -0.1) is 0 Å². The molecule has 0 spiro atoms. The average Bonchev–Trinajstić information content (AvgIpc) is 2.33. The van der Waals surface area contributed by atoms with Crippen LogP contribution >= 0.6 is 0 Å². The van der Waals surface area contributed by atoms with E-state index in [4.69, 9.17) is 0 Å². The standard InChI is InChI=1S/C8H10N/c1-2-4-8-7(3-1)5-6-9-8/h4-7H,1-3H2. The zero-order valence-electron chi connectivity index (χ0n) is 5.38. The van der Waals surface area contributed by atoms with E-state index in [1.807, 2.05) is 6.20 Å². The van der Waals surface area contributed by atoms with Gasteiger partial charge in [-0.2, -0.15) is 0 Å². The molecule has 0 fully saturated rings. The van der Waals surface area contributed by atoms with Crippen molar-refractivity contribution in [3.05, 3.63) is 24.0 Å². The molecule has 2 rings (SSSR count). The van der Waals surface area contributed by atoms with Crippen LogP contribution in [0.25, 0.3) is 0 Å². The fraction of sp³-hybridized carbons (Fsp3) is 0.500. The van der Waals surface area contributed by atoms with Crippen LogP contribution in [0.1, 0.15) is 19.3 Å². The Morgan fingerprint density at radius 1 is 1.56 bits per heavy atom. The first-order valence-electron chi connectivity index (χ1n) is 3.54. The fourth-order valence-corrected chi connectivity index (χ4v) is 1.46. The molecule has 1 heteroatoms. The number of hydrogen-bond acceptors (Lipinski definition) is 0. The van der Waals surface area contributed by atoms with Crippen molar-refractivity contribution in [2.24, 2.45) is 5.92 Å². The van der Waals surface area contributed by atoms with Crippen LogP contribution in [0.2, 0.25) is 0 Å². The predicted octanol–water partition coefficient (Wildman–Crippen LogP) is 1.80. The minimum absolute atomic E-state index is 0.679. The van der Waals surface area contributed by atoms with Crippen LogP contribution in [-0.2, 0) is 0 Å². The number of nitrogens with zero attached hydrogens (tertiary/aromatic N) is 1. The third-order valence-electron chi connectivity index (χ3n) is 1.99. The maximum Gasteiger partial charge on any atom is 0.0432 e. The Balaban J connectivity index is 2.22. The molecule has 0 N–H and O–H groups in total. The van der Waals surface area contributed by atoms with Gasteiger partial charge in [-0.1, -0.05) is 12.2 Å². The minimum Gasteiger partial charge on any atom is -0.261 e. The van der Waals surface area contributed by atoms with E-state index >= 15 is 0 Å². The lowest BCUT2D eigenvalue weighted by atomic mass is 9.94. The largest absolute Gasteiger partial charge is 0.261 e. The lowest BCUT2D eigenvalue weighted by molar-refractivity contribution is 0.593. The molecule has 2 aliphatic rings. The molecule has 0 saturated heterocycles. The first kappa shape index (κ1) is 5.10. The molecule has 0 aromatic heterocycles. The van der Waals surface area contributed by atoms with E-state index in [9.17, 15) is 0 Å². The van der Waals surface area contributed by atoms with Crippen molar-refractivity contribution >= 4 is 0 Å². The molecule has 47 valence electrons. The maximum absolute atomic E-state index is 4.24. The van der Waals surface area contributed by atoms with Gasteiger partial charge in [0.15, 0.2) is 0 Å². The highest BCUT2D eigenvalue weighted by atomic mass is 14.9. The number of rotatable bonds is 0. The summed E-state index contributed by atoms with van der Waals surface area (Å²) < 4.78 is 0. The molecular weight excluding hydrogens is 110 g/mol. The third-order valence-corrected chi connectivity index (χ3v) is 1.99. The van der Waals surface area contributed by atoms with Crippen LogP contribution in [0.4, 0.5) is 0 Å². The van der Waals surface area contributed by atoms with Gasteiger partial charge in [0.1, 0.15) is 0 Å². The van der Waals surface area contributed by atoms with E-state index < -0.39 is 0 Å². The molecule has 1 aliphatic carbocycles. The minimum atomic E-state index is 0.679. The Morgan fingerprint density at radius 2 is 2.56 bits per heavy atom. The zero-order valence-corrected chi connectivity index (χ0v) is 5.38. The van der Waals surface area contributed by atoms with Gasteiger partial charge in [0.25, 0.3) is 0 Å². The van der Waals surface area contributed by atoms with Crippen molar-refractivity contribution in [2.75, 3.05) is 0 Å². The quantitative estimate of drug-likeness (QED) is 0.463. The summed E-state index contributed by atoms with van der Waals surface area (Å²) in [4.78, 5) is 0. The summed E-state index contributed by atoms with van der Waals surface area (Å²) in [5.74, 6) is 0.679. The lowest BCUT2D eigenvalue weighted by Gasteiger charge is -2.13.